The van der Waals surface area contributed by atoms with E-state index in [1.54, 1.807) is 0 Å². The lowest BCUT2D eigenvalue weighted by Crippen LogP contribution is -2.45. The molecule has 3 aromatic carbocycles. The zero-order chi connectivity index (χ0) is 22.3. The number of nitrogens with one attached hydrogen (secondary N) is 1. The molecule has 1 amide bonds. The molecule has 1 aliphatic rings. The smallest absolute Gasteiger partial charge is 0.246 e. The zero-order valence-electron chi connectivity index (χ0n) is 18.0. The Hall–Kier alpha value is -2.86. The maximum absolute atomic E-state index is 13.6. The van der Waals surface area contributed by atoms with Gasteiger partial charge in [-0.3, -0.25) is 9.69 Å². The fourth-order valence-corrected chi connectivity index (χ4v) is 4.12. The van der Waals surface area contributed by atoms with E-state index in [4.69, 9.17) is 21.1 Å². The number of ether oxygens (including phenoxy) is 2. The van der Waals surface area contributed by atoms with E-state index in [2.05, 4.69) is 10.2 Å². The Balaban J connectivity index is 1.59. The quantitative estimate of drug-likeness (QED) is 0.517. The molecule has 2 atom stereocenters. The van der Waals surface area contributed by atoms with E-state index in [1.165, 1.54) is 0 Å². The summed E-state index contributed by atoms with van der Waals surface area (Å²) in [5.41, 5.74) is 2.66. The second-order valence-corrected chi connectivity index (χ2v) is 8.07. The van der Waals surface area contributed by atoms with Gasteiger partial charge in [-0.2, -0.15) is 0 Å². The number of hydrogen-bond donors (Lipinski definition) is 1. The van der Waals surface area contributed by atoms with Gasteiger partial charge in [-0.15, -0.1) is 0 Å². The van der Waals surface area contributed by atoms with Gasteiger partial charge in [0.1, 0.15) is 11.8 Å². The molecule has 0 aromatic heterocycles. The normalized spacial score (nSPS) is 17.5. The Morgan fingerprint density at radius 2 is 1.81 bits per heavy atom. The van der Waals surface area contributed by atoms with Crippen molar-refractivity contribution in [2.45, 2.75) is 19.1 Å². The molecule has 6 heteroatoms. The van der Waals surface area contributed by atoms with Crippen LogP contribution in [-0.2, 0) is 9.53 Å². The van der Waals surface area contributed by atoms with Crippen LogP contribution in [0.1, 0.15) is 30.2 Å². The van der Waals surface area contributed by atoms with E-state index in [-0.39, 0.29) is 12.0 Å². The van der Waals surface area contributed by atoms with E-state index in [0.717, 1.165) is 11.1 Å². The van der Waals surface area contributed by atoms with Crippen molar-refractivity contribution in [3.8, 4) is 5.75 Å². The lowest BCUT2D eigenvalue weighted by molar-refractivity contribution is -0.125. The SMILES string of the molecule is CCOc1ccccc1NC(=O)C(c1ccccc1)N1CCOC(c2ccc(Cl)cc2)C1. The number of benzene rings is 3. The van der Waals surface area contributed by atoms with Crippen molar-refractivity contribution in [2.24, 2.45) is 0 Å². The first-order valence-corrected chi connectivity index (χ1v) is 11.2. The van der Waals surface area contributed by atoms with Gasteiger partial charge in [0.2, 0.25) is 5.91 Å². The number of anilines is 1. The molecule has 0 aliphatic carbocycles. The molecule has 1 saturated heterocycles. The van der Waals surface area contributed by atoms with Gasteiger partial charge >= 0.3 is 0 Å². The molecule has 2 unspecified atom stereocenters. The van der Waals surface area contributed by atoms with Crippen LogP contribution in [0.2, 0.25) is 5.02 Å². The minimum absolute atomic E-state index is 0.0971. The van der Waals surface area contributed by atoms with Gasteiger partial charge in [-0.05, 0) is 42.3 Å². The van der Waals surface area contributed by atoms with Crippen molar-refractivity contribution in [3.63, 3.8) is 0 Å². The first-order chi connectivity index (χ1) is 15.7. The fourth-order valence-electron chi connectivity index (χ4n) is 4.00. The number of halogens is 1. The van der Waals surface area contributed by atoms with Gasteiger partial charge < -0.3 is 14.8 Å². The Morgan fingerprint density at radius 1 is 1.09 bits per heavy atom. The van der Waals surface area contributed by atoms with Gasteiger partial charge in [0.05, 0.1) is 25.0 Å². The first-order valence-electron chi connectivity index (χ1n) is 10.8. The van der Waals surface area contributed by atoms with Crippen LogP contribution < -0.4 is 10.1 Å². The zero-order valence-corrected chi connectivity index (χ0v) is 18.8. The van der Waals surface area contributed by atoms with Crippen LogP contribution in [0, 0.1) is 0 Å². The van der Waals surface area contributed by atoms with E-state index in [1.807, 2.05) is 85.8 Å². The van der Waals surface area contributed by atoms with Crippen LogP contribution in [0.3, 0.4) is 0 Å². The van der Waals surface area contributed by atoms with Gasteiger partial charge in [-0.25, -0.2) is 0 Å². The molecule has 0 spiro atoms. The molecule has 166 valence electrons. The van der Waals surface area contributed by atoms with Crippen LogP contribution in [0.25, 0.3) is 0 Å². The molecule has 1 N–H and O–H groups in total. The summed E-state index contributed by atoms with van der Waals surface area (Å²) in [5.74, 6) is 0.566. The predicted octanol–water partition coefficient (Wildman–Crippen LogP) is 5.49. The topological polar surface area (TPSA) is 50.8 Å². The molecule has 1 fully saturated rings. The number of rotatable bonds is 7. The third-order valence-corrected chi connectivity index (χ3v) is 5.77. The van der Waals surface area contributed by atoms with Crippen molar-refractivity contribution in [1.29, 1.82) is 0 Å². The molecule has 1 aliphatic heterocycles. The van der Waals surface area contributed by atoms with Crippen molar-refractivity contribution in [2.75, 3.05) is 31.6 Å². The highest BCUT2D eigenvalue weighted by Gasteiger charge is 2.33. The average Bonchev–Trinajstić information content (AvgIpc) is 2.82. The number of carbonyl (C=O) groups excluding carboxylic acids is 1. The molecule has 4 rings (SSSR count). The Bertz CT molecular complexity index is 1030. The number of hydrogen-bond acceptors (Lipinski definition) is 4. The summed E-state index contributed by atoms with van der Waals surface area (Å²) in [7, 11) is 0. The van der Waals surface area contributed by atoms with E-state index in [0.29, 0.717) is 42.8 Å². The van der Waals surface area contributed by atoms with E-state index < -0.39 is 6.04 Å². The van der Waals surface area contributed by atoms with Crippen LogP contribution in [0.4, 0.5) is 5.69 Å². The third-order valence-electron chi connectivity index (χ3n) is 5.51. The van der Waals surface area contributed by atoms with Crippen molar-refractivity contribution >= 4 is 23.2 Å². The third kappa shape index (κ3) is 5.30. The van der Waals surface area contributed by atoms with Crippen LogP contribution in [0.15, 0.2) is 78.9 Å². The largest absolute Gasteiger partial charge is 0.492 e. The van der Waals surface area contributed by atoms with Crippen LogP contribution in [0.5, 0.6) is 5.75 Å². The number of nitrogens with zero attached hydrogens (tertiary/aromatic N) is 1. The Morgan fingerprint density at radius 3 is 2.56 bits per heavy atom. The summed E-state index contributed by atoms with van der Waals surface area (Å²) in [4.78, 5) is 15.8. The van der Waals surface area contributed by atoms with E-state index in [9.17, 15) is 4.79 Å². The molecule has 0 bridgehead atoms. The summed E-state index contributed by atoms with van der Waals surface area (Å²) in [6.07, 6.45) is -0.129. The summed E-state index contributed by atoms with van der Waals surface area (Å²) in [5, 5.41) is 3.78. The van der Waals surface area contributed by atoms with Crippen molar-refractivity contribution in [3.05, 3.63) is 95.0 Å². The van der Waals surface area contributed by atoms with Crippen LogP contribution in [-0.4, -0.2) is 37.1 Å². The standard InChI is InChI=1S/C26H27ClN2O3/c1-2-31-23-11-7-6-10-22(23)28-26(30)25(20-8-4-3-5-9-20)29-16-17-32-24(18-29)19-12-14-21(27)15-13-19/h3-15,24-25H,2,16-18H2,1H3,(H,28,30). The summed E-state index contributed by atoms with van der Waals surface area (Å²) < 4.78 is 11.7. The van der Waals surface area contributed by atoms with Gasteiger partial charge in [0.25, 0.3) is 0 Å². The molecule has 0 saturated carbocycles. The molecular formula is C26H27ClN2O3. The predicted molar refractivity (Wildman–Crippen MR) is 127 cm³/mol. The first kappa shape index (κ1) is 22.3. The summed E-state index contributed by atoms with van der Waals surface area (Å²) in [6, 6.07) is 24.6. The minimum atomic E-state index is -0.454. The Labute approximate surface area is 193 Å². The van der Waals surface area contributed by atoms with Gasteiger partial charge in [0.15, 0.2) is 0 Å². The monoisotopic (exact) mass is 450 g/mol. The maximum Gasteiger partial charge on any atom is 0.246 e. The second-order valence-electron chi connectivity index (χ2n) is 7.64. The highest BCUT2D eigenvalue weighted by molar-refractivity contribution is 6.30. The lowest BCUT2D eigenvalue weighted by atomic mass is 10.0. The molecule has 0 radical (unpaired) electrons. The number of carbonyl (C=O) groups is 1. The minimum Gasteiger partial charge on any atom is -0.492 e. The molecule has 1 heterocycles. The fraction of sp³-hybridized carbons (Fsp3) is 0.269. The summed E-state index contributed by atoms with van der Waals surface area (Å²) in [6.45, 7) is 4.25. The highest BCUT2D eigenvalue weighted by Crippen LogP contribution is 2.32. The van der Waals surface area contributed by atoms with E-state index >= 15 is 0 Å². The second kappa shape index (κ2) is 10.6. The van der Waals surface area contributed by atoms with Gasteiger partial charge in [-0.1, -0.05) is 66.2 Å². The number of morpholine rings is 1. The average molecular weight is 451 g/mol. The molecule has 32 heavy (non-hydrogen) atoms. The molecule has 5 nitrogen and oxygen atoms in total. The van der Waals surface area contributed by atoms with Crippen LogP contribution >= 0.6 is 11.6 Å². The lowest BCUT2D eigenvalue weighted by Gasteiger charge is -2.38. The van der Waals surface area contributed by atoms with Gasteiger partial charge in [0, 0.05) is 18.1 Å². The molecular weight excluding hydrogens is 424 g/mol. The Kier molecular flexibility index (Phi) is 7.43. The maximum atomic E-state index is 13.6. The summed E-state index contributed by atoms with van der Waals surface area (Å²) >= 11 is 6.05. The molecule has 3 aromatic rings. The highest BCUT2D eigenvalue weighted by atomic mass is 35.5. The number of para-hydroxylation sites is 2. The van der Waals surface area contributed by atoms with Crippen molar-refractivity contribution in [1.82, 2.24) is 4.90 Å². The van der Waals surface area contributed by atoms with Crippen molar-refractivity contribution < 1.29 is 14.3 Å². The number of amides is 1.